The van der Waals surface area contributed by atoms with Gasteiger partial charge in [0.25, 0.3) is 0 Å². The van der Waals surface area contributed by atoms with Crippen LogP contribution in [0.25, 0.3) is 0 Å². The summed E-state index contributed by atoms with van der Waals surface area (Å²) in [6, 6.07) is 0.537. The molecule has 1 aliphatic heterocycles. The molecule has 0 unspecified atom stereocenters. The van der Waals surface area contributed by atoms with Crippen molar-refractivity contribution in [1.29, 1.82) is 0 Å². The van der Waals surface area contributed by atoms with Crippen LogP contribution >= 0.6 is 0 Å². The minimum atomic E-state index is 0.537. The van der Waals surface area contributed by atoms with E-state index in [1.165, 1.54) is 32.7 Å². The molecule has 130 valence electrons. The van der Waals surface area contributed by atoms with Gasteiger partial charge in [-0.2, -0.15) is 0 Å². The second-order valence-electron chi connectivity index (χ2n) is 6.30. The Morgan fingerprint density at radius 3 is 2.00 bits per heavy atom. The summed E-state index contributed by atoms with van der Waals surface area (Å²) in [6.07, 6.45) is 1.94. The summed E-state index contributed by atoms with van der Waals surface area (Å²) >= 11 is 0. The normalized spacial score (nSPS) is 17.1. The van der Waals surface area contributed by atoms with Crippen LogP contribution in [0, 0.1) is 0 Å². The lowest BCUT2D eigenvalue weighted by Gasteiger charge is -2.34. The standard InChI is InChI=1S/C17H37N5/c1-5-18-7-10-20-13-15-21(16-14-20)11-8-19-9-12-22(6-2)17(3)4/h6,17-19H,2,5,7-16H2,1,3-4H3. The number of likely N-dealkylation sites (N-methyl/N-ethyl adjacent to an activating group) is 1. The number of piperazine rings is 1. The lowest BCUT2D eigenvalue weighted by molar-refractivity contribution is 0.133. The summed E-state index contributed by atoms with van der Waals surface area (Å²) in [5.41, 5.74) is 0. The lowest BCUT2D eigenvalue weighted by Crippen LogP contribution is -2.49. The Kier molecular flexibility index (Phi) is 10.5. The summed E-state index contributed by atoms with van der Waals surface area (Å²) in [4.78, 5) is 7.41. The van der Waals surface area contributed by atoms with E-state index in [2.05, 4.69) is 52.7 Å². The number of hydrogen-bond acceptors (Lipinski definition) is 5. The summed E-state index contributed by atoms with van der Waals surface area (Å²) in [7, 11) is 0. The maximum absolute atomic E-state index is 3.87. The lowest BCUT2D eigenvalue weighted by atomic mass is 10.3. The van der Waals surface area contributed by atoms with Crippen molar-refractivity contribution in [3.63, 3.8) is 0 Å². The van der Waals surface area contributed by atoms with Gasteiger partial charge in [-0.25, -0.2) is 0 Å². The van der Waals surface area contributed by atoms with Crippen LogP contribution in [0.15, 0.2) is 12.8 Å². The molecule has 0 aliphatic carbocycles. The quantitative estimate of drug-likeness (QED) is 0.518. The summed E-state index contributed by atoms with van der Waals surface area (Å²) in [6.45, 7) is 23.0. The minimum absolute atomic E-state index is 0.537. The van der Waals surface area contributed by atoms with Crippen LogP contribution in [-0.4, -0.2) is 92.7 Å². The Labute approximate surface area is 137 Å². The monoisotopic (exact) mass is 311 g/mol. The molecule has 5 heteroatoms. The molecule has 1 rings (SSSR count). The van der Waals surface area contributed by atoms with Gasteiger partial charge in [0.2, 0.25) is 0 Å². The van der Waals surface area contributed by atoms with Crippen LogP contribution in [0.5, 0.6) is 0 Å². The molecule has 1 saturated heterocycles. The molecule has 5 nitrogen and oxygen atoms in total. The average Bonchev–Trinajstić information content (AvgIpc) is 2.52. The van der Waals surface area contributed by atoms with Crippen molar-refractivity contribution in [2.45, 2.75) is 26.8 Å². The van der Waals surface area contributed by atoms with Crippen molar-refractivity contribution in [2.24, 2.45) is 0 Å². The molecule has 1 heterocycles. The predicted molar refractivity (Wildman–Crippen MR) is 96.3 cm³/mol. The van der Waals surface area contributed by atoms with Crippen molar-refractivity contribution in [2.75, 3.05) is 72.0 Å². The highest BCUT2D eigenvalue weighted by Crippen LogP contribution is 2.00. The molecule has 0 atom stereocenters. The largest absolute Gasteiger partial charge is 0.374 e. The molecule has 0 aromatic rings. The van der Waals surface area contributed by atoms with Gasteiger partial charge in [-0.05, 0) is 26.6 Å². The zero-order chi connectivity index (χ0) is 16.2. The SMILES string of the molecule is C=CN(CCNCCN1CCN(CCNCC)CC1)C(C)C. The fourth-order valence-electron chi connectivity index (χ4n) is 2.78. The third-order valence-corrected chi connectivity index (χ3v) is 4.37. The molecule has 2 N–H and O–H groups in total. The molecule has 1 aliphatic rings. The van der Waals surface area contributed by atoms with Crippen molar-refractivity contribution in [1.82, 2.24) is 25.3 Å². The fraction of sp³-hybridized carbons (Fsp3) is 0.882. The molecule has 0 amide bonds. The van der Waals surface area contributed by atoms with Crippen molar-refractivity contribution < 1.29 is 0 Å². The van der Waals surface area contributed by atoms with Crippen molar-refractivity contribution in [3.8, 4) is 0 Å². The molecule has 1 fully saturated rings. The van der Waals surface area contributed by atoms with Gasteiger partial charge in [0.15, 0.2) is 0 Å². The molecule has 0 aromatic carbocycles. The van der Waals surface area contributed by atoms with E-state index in [0.717, 1.165) is 39.3 Å². The average molecular weight is 312 g/mol. The molecule has 22 heavy (non-hydrogen) atoms. The third kappa shape index (κ3) is 8.13. The first-order valence-electron chi connectivity index (χ1n) is 8.91. The number of nitrogens with zero attached hydrogens (tertiary/aromatic N) is 3. The number of hydrogen-bond donors (Lipinski definition) is 2. The van der Waals surface area contributed by atoms with Crippen LogP contribution in [0.2, 0.25) is 0 Å². The molecule has 0 spiro atoms. The minimum Gasteiger partial charge on any atom is -0.374 e. The van der Waals surface area contributed by atoms with E-state index in [4.69, 9.17) is 0 Å². The molecular formula is C17H37N5. The van der Waals surface area contributed by atoms with Gasteiger partial charge >= 0.3 is 0 Å². The topological polar surface area (TPSA) is 33.8 Å². The first kappa shape index (κ1) is 19.4. The first-order valence-corrected chi connectivity index (χ1v) is 8.91. The molecule has 0 radical (unpaired) electrons. The van der Waals surface area contributed by atoms with Crippen LogP contribution < -0.4 is 10.6 Å². The molecule has 0 bridgehead atoms. The summed E-state index contributed by atoms with van der Waals surface area (Å²) < 4.78 is 0. The summed E-state index contributed by atoms with van der Waals surface area (Å²) in [5.74, 6) is 0. The zero-order valence-electron chi connectivity index (χ0n) is 15.0. The van der Waals surface area contributed by atoms with E-state index >= 15 is 0 Å². The Morgan fingerprint density at radius 2 is 1.55 bits per heavy atom. The smallest absolute Gasteiger partial charge is 0.0300 e. The van der Waals surface area contributed by atoms with E-state index < -0.39 is 0 Å². The highest BCUT2D eigenvalue weighted by Gasteiger charge is 2.15. The first-order chi connectivity index (χ1) is 10.7. The van der Waals surface area contributed by atoms with Gasteiger partial charge in [-0.1, -0.05) is 13.5 Å². The van der Waals surface area contributed by atoms with Gasteiger partial charge < -0.3 is 15.5 Å². The van der Waals surface area contributed by atoms with Crippen LogP contribution in [-0.2, 0) is 0 Å². The maximum Gasteiger partial charge on any atom is 0.0300 e. The van der Waals surface area contributed by atoms with Gasteiger partial charge in [-0.15, -0.1) is 0 Å². The highest BCUT2D eigenvalue weighted by molar-refractivity contribution is 4.76. The van der Waals surface area contributed by atoms with Crippen molar-refractivity contribution >= 4 is 0 Å². The number of nitrogens with one attached hydrogen (secondary N) is 2. The van der Waals surface area contributed by atoms with E-state index in [9.17, 15) is 0 Å². The number of rotatable bonds is 12. The summed E-state index contributed by atoms with van der Waals surface area (Å²) in [5, 5.41) is 6.95. The maximum atomic E-state index is 3.87. The predicted octanol–water partition coefficient (Wildman–Crippen LogP) is 0.657. The highest BCUT2D eigenvalue weighted by atomic mass is 15.3. The van der Waals surface area contributed by atoms with E-state index in [1.54, 1.807) is 0 Å². The third-order valence-electron chi connectivity index (χ3n) is 4.37. The van der Waals surface area contributed by atoms with Gasteiger partial charge in [-0.3, -0.25) is 9.80 Å². The van der Waals surface area contributed by atoms with E-state index in [-0.39, 0.29) is 0 Å². The van der Waals surface area contributed by atoms with Crippen LogP contribution in [0.3, 0.4) is 0 Å². The Hall–Kier alpha value is -0.620. The second kappa shape index (κ2) is 11.9. The molecular weight excluding hydrogens is 274 g/mol. The van der Waals surface area contributed by atoms with Crippen molar-refractivity contribution in [3.05, 3.63) is 12.8 Å². The van der Waals surface area contributed by atoms with E-state index in [0.29, 0.717) is 6.04 Å². The second-order valence-corrected chi connectivity index (χ2v) is 6.30. The fourth-order valence-corrected chi connectivity index (χ4v) is 2.78. The molecule has 0 aromatic heterocycles. The Morgan fingerprint density at radius 1 is 1.00 bits per heavy atom. The Bertz CT molecular complexity index is 274. The van der Waals surface area contributed by atoms with E-state index in [1.807, 2.05) is 6.20 Å². The van der Waals surface area contributed by atoms with Gasteiger partial charge in [0, 0.05) is 71.5 Å². The Balaban J connectivity index is 1.99. The van der Waals surface area contributed by atoms with Gasteiger partial charge in [0.1, 0.15) is 0 Å². The van der Waals surface area contributed by atoms with Gasteiger partial charge in [0.05, 0.1) is 0 Å². The van der Waals surface area contributed by atoms with Crippen LogP contribution in [0.4, 0.5) is 0 Å². The molecule has 0 saturated carbocycles. The zero-order valence-corrected chi connectivity index (χ0v) is 15.0. The van der Waals surface area contributed by atoms with Crippen LogP contribution in [0.1, 0.15) is 20.8 Å².